The molecule has 0 radical (unpaired) electrons. The topological polar surface area (TPSA) is 36.4 Å². The molecule has 1 aliphatic rings. The number of anilines is 1. The molecule has 1 aliphatic heterocycles. The number of carbonyl (C=O) groups is 1. The Morgan fingerprint density at radius 2 is 2.09 bits per heavy atom. The number of hydrogen-bond donors (Lipinski definition) is 0. The van der Waals surface area contributed by atoms with Gasteiger partial charge in [-0.1, -0.05) is 12.1 Å². The molecule has 1 saturated heterocycles. The van der Waals surface area contributed by atoms with E-state index in [-0.39, 0.29) is 11.7 Å². The molecule has 0 aliphatic carbocycles. The molecule has 1 fully saturated rings. The van der Waals surface area contributed by atoms with Gasteiger partial charge in [-0.25, -0.2) is 4.39 Å². The maximum absolute atomic E-state index is 13.2. The lowest BCUT2D eigenvalue weighted by Crippen LogP contribution is -2.50. The van der Waals surface area contributed by atoms with Crippen molar-refractivity contribution in [1.82, 2.24) is 9.88 Å². The lowest BCUT2D eigenvalue weighted by Gasteiger charge is -2.35. The number of piperazine rings is 1. The third-order valence-corrected chi connectivity index (χ3v) is 3.83. The van der Waals surface area contributed by atoms with Gasteiger partial charge in [-0.2, -0.15) is 0 Å². The number of rotatable bonds is 3. The van der Waals surface area contributed by atoms with Crippen LogP contribution in [0.25, 0.3) is 0 Å². The Morgan fingerprint density at radius 1 is 1.23 bits per heavy atom. The lowest BCUT2D eigenvalue weighted by molar-refractivity contribution is -0.131. The summed E-state index contributed by atoms with van der Waals surface area (Å²) in [7, 11) is 0. The van der Waals surface area contributed by atoms with Crippen LogP contribution in [0.1, 0.15) is 11.3 Å². The number of benzene rings is 1. The number of halogens is 1. The van der Waals surface area contributed by atoms with Crippen LogP contribution in [0.5, 0.6) is 0 Å². The average molecular weight is 299 g/mol. The molecule has 1 aromatic heterocycles. The van der Waals surface area contributed by atoms with E-state index in [2.05, 4.69) is 9.88 Å². The van der Waals surface area contributed by atoms with Crippen LogP contribution in [0.15, 0.2) is 42.6 Å². The van der Waals surface area contributed by atoms with Crippen molar-refractivity contribution in [2.24, 2.45) is 0 Å². The summed E-state index contributed by atoms with van der Waals surface area (Å²) in [5.74, 6) is -0.208. The van der Waals surface area contributed by atoms with E-state index in [4.69, 9.17) is 0 Å². The van der Waals surface area contributed by atoms with Gasteiger partial charge in [0.1, 0.15) is 5.82 Å². The normalized spacial score (nSPS) is 15.3. The van der Waals surface area contributed by atoms with E-state index in [1.807, 2.05) is 25.1 Å². The highest BCUT2D eigenvalue weighted by atomic mass is 19.1. The second kappa shape index (κ2) is 6.13. The zero-order valence-corrected chi connectivity index (χ0v) is 12.5. The molecule has 0 bridgehead atoms. The number of carbonyl (C=O) groups excluding carboxylic acids is 1. The van der Waals surface area contributed by atoms with Crippen molar-refractivity contribution in [3.05, 3.63) is 59.7 Å². The molecule has 114 valence electrons. The van der Waals surface area contributed by atoms with Gasteiger partial charge in [0.05, 0.1) is 6.54 Å². The monoisotopic (exact) mass is 299 g/mol. The first-order valence-electron chi connectivity index (χ1n) is 7.31. The van der Waals surface area contributed by atoms with Gasteiger partial charge in [0.2, 0.25) is 5.91 Å². The molecular formula is C17H18FN3O. The predicted octanol–water partition coefficient (Wildman–Crippen LogP) is 2.38. The number of aryl methyl sites for hydroxylation is 1. The fraction of sp³-hybridized carbons (Fsp3) is 0.294. The second-order valence-corrected chi connectivity index (χ2v) is 5.52. The number of aromatic nitrogens is 1. The standard InChI is InChI=1S/C17H18FN3O/c1-13-9-16(5-6-19-13)20-7-8-21(17(22)12-20)11-14-3-2-4-15(18)10-14/h2-6,9-10H,7-8,11-12H2,1H3. The maximum Gasteiger partial charge on any atom is 0.242 e. The maximum atomic E-state index is 13.2. The van der Waals surface area contributed by atoms with Gasteiger partial charge in [-0.15, -0.1) is 0 Å². The Bertz CT molecular complexity index is 689. The molecule has 22 heavy (non-hydrogen) atoms. The molecular weight excluding hydrogens is 281 g/mol. The van der Waals surface area contributed by atoms with Crippen LogP contribution in [0.3, 0.4) is 0 Å². The minimum absolute atomic E-state index is 0.0602. The van der Waals surface area contributed by atoms with E-state index in [1.54, 1.807) is 17.2 Å². The summed E-state index contributed by atoms with van der Waals surface area (Å²) < 4.78 is 13.2. The Balaban J connectivity index is 1.66. The third kappa shape index (κ3) is 3.24. The van der Waals surface area contributed by atoms with E-state index in [9.17, 15) is 9.18 Å². The molecule has 0 saturated carbocycles. The highest BCUT2D eigenvalue weighted by Crippen LogP contribution is 2.18. The van der Waals surface area contributed by atoms with Gasteiger partial charge in [-0.3, -0.25) is 9.78 Å². The summed E-state index contributed by atoms with van der Waals surface area (Å²) in [5, 5.41) is 0. The largest absolute Gasteiger partial charge is 0.360 e. The molecule has 2 heterocycles. The van der Waals surface area contributed by atoms with E-state index in [0.717, 1.165) is 23.5 Å². The van der Waals surface area contributed by atoms with E-state index in [1.165, 1.54) is 12.1 Å². The van der Waals surface area contributed by atoms with Crippen molar-refractivity contribution in [1.29, 1.82) is 0 Å². The number of pyridine rings is 1. The molecule has 0 atom stereocenters. The van der Waals surface area contributed by atoms with E-state index >= 15 is 0 Å². The Labute approximate surface area is 129 Å². The minimum atomic E-state index is -0.268. The third-order valence-electron chi connectivity index (χ3n) is 3.83. The summed E-state index contributed by atoms with van der Waals surface area (Å²) in [6.45, 7) is 4.14. The molecule has 5 heteroatoms. The predicted molar refractivity (Wildman–Crippen MR) is 83.0 cm³/mol. The van der Waals surface area contributed by atoms with Crippen molar-refractivity contribution in [2.45, 2.75) is 13.5 Å². The molecule has 0 unspecified atom stereocenters. The van der Waals surface area contributed by atoms with Crippen LogP contribution < -0.4 is 4.90 Å². The van der Waals surface area contributed by atoms with Gasteiger partial charge in [-0.05, 0) is 36.8 Å². The van der Waals surface area contributed by atoms with Crippen LogP contribution >= 0.6 is 0 Å². The van der Waals surface area contributed by atoms with Gasteiger partial charge in [0, 0.05) is 37.2 Å². The van der Waals surface area contributed by atoms with Crippen molar-refractivity contribution in [3.63, 3.8) is 0 Å². The van der Waals surface area contributed by atoms with Crippen LogP contribution in [-0.2, 0) is 11.3 Å². The Kier molecular flexibility index (Phi) is 4.04. The summed E-state index contributed by atoms with van der Waals surface area (Å²) in [4.78, 5) is 20.3. The second-order valence-electron chi connectivity index (χ2n) is 5.52. The Hall–Kier alpha value is -2.43. The molecule has 3 rings (SSSR count). The van der Waals surface area contributed by atoms with Crippen LogP contribution in [0.2, 0.25) is 0 Å². The smallest absolute Gasteiger partial charge is 0.242 e. The average Bonchev–Trinajstić information content (AvgIpc) is 2.49. The number of nitrogens with zero attached hydrogens (tertiary/aromatic N) is 3. The SMILES string of the molecule is Cc1cc(N2CCN(Cc3cccc(F)c3)C(=O)C2)ccn1. The summed E-state index contributed by atoms with van der Waals surface area (Å²) in [5.41, 5.74) is 2.78. The van der Waals surface area contributed by atoms with Gasteiger partial charge >= 0.3 is 0 Å². The quantitative estimate of drug-likeness (QED) is 0.873. The number of hydrogen-bond acceptors (Lipinski definition) is 3. The first kappa shape index (κ1) is 14.5. The van der Waals surface area contributed by atoms with Crippen LogP contribution in [-0.4, -0.2) is 35.4 Å². The first-order valence-corrected chi connectivity index (χ1v) is 7.31. The zero-order valence-electron chi connectivity index (χ0n) is 12.5. The van der Waals surface area contributed by atoms with Gasteiger partial charge in [0.15, 0.2) is 0 Å². The molecule has 2 aromatic rings. The van der Waals surface area contributed by atoms with Crippen molar-refractivity contribution < 1.29 is 9.18 Å². The van der Waals surface area contributed by atoms with Crippen LogP contribution in [0, 0.1) is 12.7 Å². The van der Waals surface area contributed by atoms with Crippen molar-refractivity contribution >= 4 is 11.6 Å². The first-order chi connectivity index (χ1) is 10.6. The fourth-order valence-electron chi connectivity index (χ4n) is 2.68. The molecule has 0 spiro atoms. The fourth-order valence-corrected chi connectivity index (χ4v) is 2.68. The molecule has 1 amide bonds. The summed E-state index contributed by atoms with van der Waals surface area (Å²) in [6.07, 6.45) is 1.76. The molecule has 1 aromatic carbocycles. The lowest BCUT2D eigenvalue weighted by atomic mass is 10.2. The minimum Gasteiger partial charge on any atom is -0.360 e. The van der Waals surface area contributed by atoms with Gasteiger partial charge in [0.25, 0.3) is 0 Å². The van der Waals surface area contributed by atoms with Gasteiger partial charge < -0.3 is 9.80 Å². The van der Waals surface area contributed by atoms with E-state index in [0.29, 0.717) is 19.6 Å². The van der Waals surface area contributed by atoms with Crippen molar-refractivity contribution in [2.75, 3.05) is 24.5 Å². The highest BCUT2D eigenvalue weighted by molar-refractivity contribution is 5.82. The molecule has 0 N–H and O–H groups in total. The molecule has 4 nitrogen and oxygen atoms in total. The Morgan fingerprint density at radius 3 is 2.82 bits per heavy atom. The zero-order chi connectivity index (χ0) is 15.5. The summed E-state index contributed by atoms with van der Waals surface area (Å²) in [6, 6.07) is 10.3. The van der Waals surface area contributed by atoms with Crippen molar-refractivity contribution in [3.8, 4) is 0 Å². The highest BCUT2D eigenvalue weighted by Gasteiger charge is 2.24. The van der Waals surface area contributed by atoms with E-state index < -0.39 is 0 Å². The summed E-state index contributed by atoms with van der Waals surface area (Å²) >= 11 is 0. The van der Waals surface area contributed by atoms with Crippen LogP contribution in [0.4, 0.5) is 10.1 Å². The number of amides is 1.